The fourth-order valence-electron chi connectivity index (χ4n) is 8.20. The van der Waals surface area contributed by atoms with Gasteiger partial charge in [-0.25, -0.2) is 0 Å². The van der Waals surface area contributed by atoms with E-state index in [9.17, 15) is 0 Å². The molecule has 2 aromatic heterocycles. The van der Waals surface area contributed by atoms with Gasteiger partial charge in [0.05, 0.1) is 0 Å². The first-order chi connectivity index (χ1) is 25.9. The van der Waals surface area contributed by atoms with E-state index in [4.69, 9.17) is 19.4 Å². The lowest BCUT2D eigenvalue weighted by molar-refractivity contribution is 0.105. The summed E-state index contributed by atoms with van der Waals surface area (Å²) >= 11 is 1.73. The van der Waals surface area contributed by atoms with Crippen LogP contribution in [0.25, 0.3) is 44.8 Å². The molecule has 2 aliphatic heterocycles. The molecule has 0 N–H and O–H groups in total. The highest BCUT2D eigenvalue weighted by Gasteiger charge is 2.36. The quantitative estimate of drug-likeness (QED) is 0.170. The summed E-state index contributed by atoms with van der Waals surface area (Å²) in [7, 11) is 0. The van der Waals surface area contributed by atoms with Gasteiger partial charge in [-0.05, 0) is 110 Å². The van der Waals surface area contributed by atoms with Crippen LogP contribution in [0.2, 0.25) is 0 Å². The van der Waals surface area contributed by atoms with Gasteiger partial charge < -0.3 is 9.47 Å². The molecule has 5 heteroatoms. The molecule has 280 valence electrons. The molecule has 0 unspecified atom stereocenters. The molecule has 0 saturated carbocycles. The summed E-state index contributed by atoms with van der Waals surface area (Å²) in [6.07, 6.45) is 5.85. The Labute approximate surface area is 331 Å². The Morgan fingerprint density at radius 1 is 0.509 bits per heavy atom. The van der Waals surface area contributed by atoms with Crippen molar-refractivity contribution in [2.75, 3.05) is 0 Å². The van der Waals surface area contributed by atoms with Gasteiger partial charge in [0, 0.05) is 55.6 Å². The second-order valence-corrected chi connectivity index (χ2v) is 19.8. The van der Waals surface area contributed by atoms with Crippen LogP contribution in [0.1, 0.15) is 91.5 Å². The maximum Gasteiger partial charge on any atom is 0.154 e. The zero-order valence-electron chi connectivity index (χ0n) is 33.9. The van der Waals surface area contributed by atoms with Gasteiger partial charge in [-0.15, -0.1) is 0 Å². The van der Waals surface area contributed by atoms with Crippen molar-refractivity contribution < 1.29 is 9.47 Å². The monoisotopic (exact) mass is 744 g/mol. The summed E-state index contributed by atoms with van der Waals surface area (Å²) in [6, 6.07) is 35.2. The highest BCUT2D eigenvalue weighted by atomic mass is 32.2. The molecule has 0 bridgehead atoms. The highest BCUT2D eigenvalue weighted by Crippen LogP contribution is 2.51. The van der Waals surface area contributed by atoms with Crippen LogP contribution >= 0.6 is 11.8 Å². The van der Waals surface area contributed by atoms with Crippen LogP contribution in [0.5, 0.6) is 11.5 Å². The van der Waals surface area contributed by atoms with Crippen molar-refractivity contribution in [1.82, 2.24) is 9.97 Å². The number of hydrogen-bond acceptors (Lipinski definition) is 5. The van der Waals surface area contributed by atoms with Gasteiger partial charge >= 0.3 is 0 Å². The lowest BCUT2D eigenvalue weighted by Crippen LogP contribution is -2.30. The minimum Gasteiger partial charge on any atom is -0.480 e. The first-order valence-electron chi connectivity index (χ1n) is 19.5. The van der Waals surface area contributed by atoms with Gasteiger partial charge in [0.1, 0.15) is 22.6 Å². The number of aromatic nitrogens is 2. The molecule has 2 aliphatic rings. The average molecular weight is 745 g/mol. The average Bonchev–Trinajstić information content (AvgIpc) is 3.10. The van der Waals surface area contributed by atoms with Gasteiger partial charge in [-0.2, -0.15) is 0 Å². The summed E-state index contributed by atoms with van der Waals surface area (Å²) in [5, 5.41) is 0. The molecule has 4 heterocycles. The number of ether oxygens (including phenoxy) is 2. The predicted octanol–water partition coefficient (Wildman–Crippen LogP) is 13.7. The molecule has 55 heavy (non-hydrogen) atoms. The third-order valence-electron chi connectivity index (χ3n) is 10.5. The van der Waals surface area contributed by atoms with E-state index < -0.39 is 11.2 Å². The molecule has 6 aromatic rings. The lowest BCUT2D eigenvalue weighted by Gasteiger charge is -2.36. The van der Waals surface area contributed by atoms with Crippen LogP contribution in [0.3, 0.4) is 0 Å². The number of nitrogens with zero attached hydrogens (tertiary/aromatic N) is 2. The Morgan fingerprint density at radius 3 is 1.33 bits per heavy atom. The molecular weight excluding hydrogens is 693 g/mol. The number of pyridine rings is 2. The van der Waals surface area contributed by atoms with E-state index in [2.05, 4.69) is 166 Å². The third-order valence-corrected chi connectivity index (χ3v) is 11.5. The molecule has 0 amide bonds. The summed E-state index contributed by atoms with van der Waals surface area (Å²) < 4.78 is 13.7. The molecule has 8 rings (SSSR count). The van der Waals surface area contributed by atoms with Crippen molar-refractivity contribution in [3.05, 3.63) is 132 Å². The summed E-state index contributed by atoms with van der Waals surface area (Å²) in [5.74, 6) is 1.67. The Bertz CT molecular complexity index is 2280. The number of rotatable bonds is 6. The maximum atomic E-state index is 6.86. The largest absolute Gasteiger partial charge is 0.480 e. The van der Waals surface area contributed by atoms with E-state index in [-0.39, 0.29) is 10.8 Å². The zero-order chi connectivity index (χ0) is 38.9. The van der Waals surface area contributed by atoms with Gasteiger partial charge in [0.15, 0.2) is 11.5 Å². The molecule has 0 saturated heterocycles. The summed E-state index contributed by atoms with van der Waals surface area (Å²) in [5.41, 5.74) is 12.9. The maximum absolute atomic E-state index is 6.86. The number of hydrogen-bond donors (Lipinski definition) is 0. The van der Waals surface area contributed by atoms with Gasteiger partial charge in [0.2, 0.25) is 0 Å². The fraction of sp³-hybridized carbons (Fsp3) is 0.320. The molecule has 0 spiro atoms. The number of fused-ring (bicyclic) bond motifs is 6. The van der Waals surface area contributed by atoms with E-state index >= 15 is 0 Å². The second-order valence-electron chi connectivity index (χ2n) is 18.7. The fourth-order valence-corrected chi connectivity index (χ4v) is 9.14. The van der Waals surface area contributed by atoms with Crippen LogP contribution < -0.4 is 9.47 Å². The molecular formula is C50H52N2O2S. The SMILES string of the molecule is CC(C)(C)Cc1ccc2c(c1)C(C)(C)Oc1c-2ccnc1-c1cccc(Sc2cccc(-c3nccc4c3OC(C)(C)c3cc(CC(C)(C)C)ccc3-4)c2)c1. The minimum atomic E-state index is -0.498. The Morgan fingerprint density at radius 2 is 0.927 bits per heavy atom. The highest BCUT2D eigenvalue weighted by molar-refractivity contribution is 7.99. The molecule has 0 radical (unpaired) electrons. The van der Waals surface area contributed by atoms with Crippen LogP contribution in [-0.4, -0.2) is 9.97 Å². The first-order valence-corrected chi connectivity index (χ1v) is 20.3. The Balaban J connectivity index is 1.10. The molecule has 0 fully saturated rings. The van der Waals surface area contributed by atoms with E-state index in [1.165, 1.54) is 33.4 Å². The second kappa shape index (κ2) is 13.4. The van der Waals surface area contributed by atoms with Crippen molar-refractivity contribution in [3.63, 3.8) is 0 Å². The topological polar surface area (TPSA) is 44.2 Å². The normalized spacial score (nSPS) is 15.2. The van der Waals surface area contributed by atoms with Gasteiger partial charge in [-0.3, -0.25) is 9.97 Å². The van der Waals surface area contributed by atoms with E-state index in [0.29, 0.717) is 0 Å². The predicted molar refractivity (Wildman–Crippen MR) is 228 cm³/mol. The number of benzene rings is 4. The molecule has 4 nitrogen and oxygen atoms in total. The van der Waals surface area contributed by atoms with E-state index in [1.807, 2.05) is 12.4 Å². The molecule has 0 aliphatic carbocycles. The summed E-state index contributed by atoms with van der Waals surface area (Å²) in [4.78, 5) is 12.0. The molecule has 0 atom stereocenters. The van der Waals surface area contributed by atoms with Crippen LogP contribution in [-0.2, 0) is 24.0 Å². The Hall–Kier alpha value is -4.87. The minimum absolute atomic E-state index is 0.209. The summed E-state index contributed by atoms with van der Waals surface area (Å²) in [6.45, 7) is 22.4. The Kier molecular flexibility index (Phi) is 9.04. The van der Waals surface area contributed by atoms with Crippen LogP contribution in [0, 0.1) is 10.8 Å². The van der Waals surface area contributed by atoms with Crippen LogP contribution in [0.4, 0.5) is 0 Å². The van der Waals surface area contributed by atoms with E-state index in [1.54, 1.807) is 11.8 Å². The van der Waals surface area contributed by atoms with Crippen molar-refractivity contribution >= 4 is 11.8 Å². The van der Waals surface area contributed by atoms with Crippen molar-refractivity contribution in [3.8, 4) is 56.3 Å². The first kappa shape index (κ1) is 37.1. The van der Waals surface area contributed by atoms with E-state index in [0.717, 1.165) is 67.8 Å². The molecule has 4 aromatic carbocycles. The standard InChI is InChI=1S/C50H52N2O2S/c1-47(2,3)29-31-17-19-37-39-21-23-51-43(45(39)53-49(7,8)41(37)25-31)33-13-11-15-35(27-33)55-36-16-12-14-34(28-36)44-46-40(22-24-52-44)38-20-18-32(30-48(4,5)6)26-42(38)50(9,10)54-46/h11-28H,29-30H2,1-10H3. The van der Waals surface area contributed by atoms with Crippen molar-refractivity contribution in [2.45, 2.75) is 103 Å². The van der Waals surface area contributed by atoms with Gasteiger partial charge in [0.25, 0.3) is 0 Å². The third kappa shape index (κ3) is 7.44. The zero-order valence-corrected chi connectivity index (χ0v) is 34.7. The van der Waals surface area contributed by atoms with Gasteiger partial charge in [-0.1, -0.05) is 114 Å². The van der Waals surface area contributed by atoms with Crippen LogP contribution in [0.15, 0.2) is 119 Å². The smallest absolute Gasteiger partial charge is 0.154 e. The lowest BCUT2D eigenvalue weighted by atomic mass is 9.81. The van der Waals surface area contributed by atoms with Crippen molar-refractivity contribution in [1.29, 1.82) is 0 Å². The van der Waals surface area contributed by atoms with Crippen molar-refractivity contribution in [2.24, 2.45) is 10.8 Å².